The first-order valence-corrected chi connectivity index (χ1v) is 10.7. The van der Waals surface area contributed by atoms with Crippen LogP contribution in [0, 0.1) is 11.8 Å². The number of carbonyl (C=O) groups is 2. The number of hydrogen-bond acceptors (Lipinski definition) is 4. The number of nitrogens with one attached hydrogen (secondary N) is 1. The van der Waals surface area contributed by atoms with Crippen LogP contribution in [-0.4, -0.2) is 45.0 Å². The molecule has 7 nitrogen and oxygen atoms in total. The van der Waals surface area contributed by atoms with E-state index in [0.717, 1.165) is 19.8 Å². The summed E-state index contributed by atoms with van der Waals surface area (Å²) in [5, 5.41) is 12.7. The molecule has 2 amide bonds. The Kier molecular flexibility index (Phi) is 5.71. The van der Waals surface area contributed by atoms with Crippen LogP contribution in [0.3, 0.4) is 0 Å². The number of aromatic hydroxyl groups is 1. The second-order valence-electron chi connectivity index (χ2n) is 8.92. The number of rotatable bonds is 5. The lowest BCUT2D eigenvalue weighted by Crippen LogP contribution is -2.54. The Bertz CT molecular complexity index is 1180. The van der Waals surface area contributed by atoms with Crippen LogP contribution < -0.4 is 10.7 Å². The van der Waals surface area contributed by atoms with E-state index >= 15 is 0 Å². The summed E-state index contributed by atoms with van der Waals surface area (Å²) >= 11 is 0. The van der Waals surface area contributed by atoms with E-state index in [4.69, 9.17) is 0 Å². The fourth-order valence-electron chi connectivity index (χ4n) is 5.33. The number of piperidine rings is 1. The van der Waals surface area contributed by atoms with Crippen molar-refractivity contribution in [3.05, 3.63) is 63.4 Å². The Labute approximate surface area is 187 Å². The molecule has 2 N–H and O–H groups in total. The van der Waals surface area contributed by atoms with Crippen LogP contribution in [0.15, 0.2) is 46.7 Å². The SMILES string of the molecule is C=C(F)/C(CNC(=O)c1cn2c(c(O)c1=O)C(=O)N1C(C2)[C@H]2C[C@@H]1[C@@H](C)C2)=C(F)\C=C(/C)F. The topological polar surface area (TPSA) is 91.6 Å². The maximum absolute atomic E-state index is 14.0. The smallest absolute Gasteiger partial charge is 0.275 e. The highest BCUT2D eigenvalue weighted by Crippen LogP contribution is 2.48. The van der Waals surface area contributed by atoms with Gasteiger partial charge in [-0.05, 0) is 31.6 Å². The van der Waals surface area contributed by atoms with Crippen molar-refractivity contribution in [1.29, 1.82) is 0 Å². The Balaban J connectivity index is 1.63. The van der Waals surface area contributed by atoms with Crippen LogP contribution in [0.25, 0.3) is 0 Å². The van der Waals surface area contributed by atoms with E-state index in [1.165, 1.54) is 10.8 Å². The normalized spacial score (nSPS) is 26.6. The lowest BCUT2D eigenvalue weighted by Gasteiger charge is -2.42. The van der Waals surface area contributed by atoms with Crippen molar-refractivity contribution in [1.82, 2.24) is 14.8 Å². The third-order valence-corrected chi connectivity index (χ3v) is 6.82. The third-order valence-electron chi connectivity index (χ3n) is 6.82. The second-order valence-corrected chi connectivity index (χ2v) is 8.92. The number of fused-ring (bicyclic) bond motifs is 6. The maximum Gasteiger partial charge on any atom is 0.275 e. The molecule has 0 spiro atoms. The van der Waals surface area contributed by atoms with Crippen molar-refractivity contribution in [2.75, 3.05) is 6.54 Å². The molecule has 3 aliphatic rings. The van der Waals surface area contributed by atoms with Gasteiger partial charge in [0.15, 0.2) is 11.4 Å². The molecule has 0 aromatic carbocycles. The first-order chi connectivity index (χ1) is 15.5. The number of aromatic nitrogens is 1. The summed E-state index contributed by atoms with van der Waals surface area (Å²) in [5.74, 6) is -5.03. The molecule has 4 rings (SSSR count). The number of halogens is 3. The molecule has 1 saturated heterocycles. The molecule has 1 aromatic heterocycles. The average molecular weight is 463 g/mol. The zero-order valence-electron chi connectivity index (χ0n) is 18.2. The maximum atomic E-state index is 14.0. The quantitative estimate of drug-likeness (QED) is 0.657. The third kappa shape index (κ3) is 3.77. The van der Waals surface area contributed by atoms with E-state index in [0.29, 0.717) is 24.5 Å². The number of amides is 2. The zero-order chi connectivity index (χ0) is 24.2. The van der Waals surface area contributed by atoms with Gasteiger partial charge in [0.1, 0.15) is 17.2 Å². The van der Waals surface area contributed by atoms with Crippen LogP contribution in [0.2, 0.25) is 0 Å². The first-order valence-electron chi connectivity index (χ1n) is 10.7. The van der Waals surface area contributed by atoms with Crippen molar-refractivity contribution >= 4 is 11.8 Å². The predicted molar refractivity (Wildman–Crippen MR) is 114 cm³/mol. The van der Waals surface area contributed by atoms with E-state index in [9.17, 15) is 32.7 Å². The van der Waals surface area contributed by atoms with Gasteiger partial charge in [0.05, 0.1) is 11.9 Å². The summed E-state index contributed by atoms with van der Waals surface area (Å²) < 4.78 is 42.0. The van der Waals surface area contributed by atoms with Crippen molar-refractivity contribution in [3.8, 4) is 5.75 Å². The van der Waals surface area contributed by atoms with Gasteiger partial charge in [-0.25, -0.2) is 13.2 Å². The Hall–Kier alpha value is -3.30. The van der Waals surface area contributed by atoms with Crippen LogP contribution in [-0.2, 0) is 6.54 Å². The molecule has 1 saturated carbocycles. The molecule has 2 bridgehead atoms. The molecule has 2 aliphatic heterocycles. The number of allylic oxidation sites excluding steroid dienone is 3. The van der Waals surface area contributed by atoms with Gasteiger partial charge in [-0.3, -0.25) is 14.4 Å². The molecule has 33 heavy (non-hydrogen) atoms. The zero-order valence-corrected chi connectivity index (χ0v) is 18.2. The van der Waals surface area contributed by atoms with E-state index in [1.807, 2.05) is 0 Å². The van der Waals surface area contributed by atoms with Crippen molar-refractivity contribution in [2.24, 2.45) is 11.8 Å². The lowest BCUT2D eigenvalue weighted by molar-refractivity contribution is 0.0396. The minimum absolute atomic E-state index is 0.0645. The van der Waals surface area contributed by atoms with Crippen LogP contribution in [0.4, 0.5) is 13.2 Å². The molecule has 176 valence electrons. The molecule has 3 heterocycles. The van der Waals surface area contributed by atoms with Crippen LogP contribution in [0.1, 0.15) is 47.5 Å². The van der Waals surface area contributed by atoms with Crippen LogP contribution in [0.5, 0.6) is 5.75 Å². The molecule has 0 radical (unpaired) electrons. The standard InChI is InChI=1S/C23H24F3N3O4/c1-10-4-13-6-17(10)29-18(13)9-28-8-15(20(30)21(31)19(28)23(29)33)22(32)27-7-14(12(3)25)16(26)5-11(2)24/h5,8,10,13,17-18,31H,3-4,6-7,9H2,1-2H3,(H,27,32)/b11-5+,16-14+/t10-,13+,17+,18?/m0/s1. The highest BCUT2D eigenvalue weighted by atomic mass is 19.1. The molecular formula is C23H24F3N3O4. The van der Waals surface area contributed by atoms with Crippen molar-refractivity contribution < 1.29 is 27.9 Å². The highest BCUT2D eigenvalue weighted by Gasteiger charge is 2.54. The Morgan fingerprint density at radius 3 is 2.61 bits per heavy atom. The minimum atomic E-state index is -1.26. The number of hydrogen-bond donors (Lipinski definition) is 2. The van der Waals surface area contributed by atoms with E-state index < -0.39 is 58.2 Å². The fourth-order valence-corrected chi connectivity index (χ4v) is 5.33. The van der Waals surface area contributed by atoms with Gasteiger partial charge >= 0.3 is 0 Å². The first kappa shape index (κ1) is 22.9. The second kappa shape index (κ2) is 8.24. The molecule has 2 fully saturated rings. The van der Waals surface area contributed by atoms with E-state index in [1.54, 1.807) is 4.90 Å². The summed E-state index contributed by atoms with van der Waals surface area (Å²) in [5.41, 5.74) is -2.40. The van der Waals surface area contributed by atoms with E-state index in [-0.39, 0.29) is 17.8 Å². The summed E-state index contributed by atoms with van der Waals surface area (Å²) in [7, 11) is 0. The molecule has 1 aliphatic carbocycles. The highest BCUT2D eigenvalue weighted by molar-refractivity contribution is 5.99. The van der Waals surface area contributed by atoms with Gasteiger partial charge in [0.2, 0.25) is 5.43 Å². The Morgan fingerprint density at radius 2 is 1.97 bits per heavy atom. The minimum Gasteiger partial charge on any atom is -0.503 e. The monoisotopic (exact) mass is 463 g/mol. The average Bonchev–Trinajstić information content (AvgIpc) is 3.27. The summed E-state index contributed by atoms with van der Waals surface area (Å²) in [6.07, 6.45) is 3.48. The molecule has 10 heteroatoms. The van der Waals surface area contributed by atoms with Gasteiger partial charge in [-0.15, -0.1) is 0 Å². The van der Waals surface area contributed by atoms with Gasteiger partial charge in [-0.1, -0.05) is 13.5 Å². The van der Waals surface area contributed by atoms with Crippen molar-refractivity contribution in [2.45, 2.75) is 45.3 Å². The Morgan fingerprint density at radius 1 is 1.27 bits per heavy atom. The van der Waals surface area contributed by atoms with Crippen molar-refractivity contribution in [3.63, 3.8) is 0 Å². The van der Waals surface area contributed by atoms with Gasteiger partial charge < -0.3 is 19.9 Å². The summed E-state index contributed by atoms with van der Waals surface area (Å²) in [6, 6.07) is -0.0205. The summed E-state index contributed by atoms with van der Waals surface area (Å²) in [6.45, 7) is 5.63. The molecule has 4 atom stereocenters. The van der Waals surface area contributed by atoms with Crippen LogP contribution >= 0.6 is 0 Å². The molecule has 1 aromatic rings. The lowest BCUT2D eigenvalue weighted by atomic mass is 9.91. The largest absolute Gasteiger partial charge is 0.503 e. The van der Waals surface area contributed by atoms with Gasteiger partial charge in [0, 0.05) is 37.0 Å². The van der Waals surface area contributed by atoms with Gasteiger partial charge in [-0.2, -0.15) is 0 Å². The molecular weight excluding hydrogens is 439 g/mol. The summed E-state index contributed by atoms with van der Waals surface area (Å²) in [4.78, 5) is 40.2. The van der Waals surface area contributed by atoms with E-state index in [2.05, 4.69) is 18.8 Å². The number of carbonyl (C=O) groups excluding carboxylic acids is 2. The molecule has 1 unspecified atom stereocenters. The number of nitrogens with zero attached hydrogens (tertiary/aromatic N) is 2. The van der Waals surface area contributed by atoms with Gasteiger partial charge in [0.25, 0.3) is 11.8 Å². The fraction of sp³-hybridized carbons (Fsp3) is 0.435. The predicted octanol–water partition coefficient (Wildman–Crippen LogP) is 3.12. The number of pyridine rings is 1.